The molecule has 5 nitrogen and oxygen atoms in total. The summed E-state index contributed by atoms with van der Waals surface area (Å²) in [6.45, 7) is 7.97. The first-order valence-electron chi connectivity index (χ1n) is 12.5. The molecule has 3 aromatic rings. The van der Waals surface area contributed by atoms with Crippen LogP contribution in [0.15, 0.2) is 71.2 Å². The predicted octanol–water partition coefficient (Wildman–Crippen LogP) is 6.65. The summed E-state index contributed by atoms with van der Waals surface area (Å²) in [7, 11) is 0. The van der Waals surface area contributed by atoms with E-state index < -0.39 is 6.04 Å². The van der Waals surface area contributed by atoms with Crippen LogP contribution in [0.4, 0.5) is 0 Å². The average molecular weight is 586 g/mol. The van der Waals surface area contributed by atoms with Crippen molar-refractivity contribution in [2.75, 3.05) is 6.61 Å². The second-order valence-electron chi connectivity index (χ2n) is 9.33. The highest BCUT2D eigenvalue weighted by Gasteiger charge is 2.31. The van der Waals surface area contributed by atoms with Crippen LogP contribution in [-0.4, -0.2) is 35.4 Å². The molecule has 0 aromatic heterocycles. The van der Waals surface area contributed by atoms with E-state index in [0.717, 1.165) is 33.1 Å². The summed E-state index contributed by atoms with van der Waals surface area (Å²) in [5.74, 6) is 0.139. The van der Waals surface area contributed by atoms with Gasteiger partial charge in [0.05, 0.1) is 0 Å². The van der Waals surface area contributed by atoms with Gasteiger partial charge in [0, 0.05) is 28.5 Å². The number of carbonyl (C=O) groups excluding carboxylic acids is 2. The van der Waals surface area contributed by atoms with Crippen LogP contribution in [0, 0.1) is 13.8 Å². The first-order valence-corrected chi connectivity index (χ1v) is 13.6. The molecule has 0 saturated heterocycles. The molecule has 2 atom stereocenters. The molecular weight excluding hydrogens is 552 g/mol. The van der Waals surface area contributed by atoms with Crippen LogP contribution in [0.25, 0.3) is 0 Å². The fourth-order valence-electron chi connectivity index (χ4n) is 4.04. The van der Waals surface area contributed by atoms with Gasteiger partial charge in [0.25, 0.3) is 5.91 Å². The molecule has 0 aliphatic carbocycles. The van der Waals surface area contributed by atoms with Gasteiger partial charge >= 0.3 is 0 Å². The molecule has 0 spiro atoms. The minimum Gasteiger partial charge on any atom is -0.484 e. The van der Waals surface area contributed by atoms with Crippen LogP contribution < -0.4 is 10.1 Å². The molecule has 7 heteroatoms. The molecule has 0 saturated carbocycles. The summed E-state index contributed by atoms with van der Waals surface area (Å²) in [6, 6.07) is 20.1. The Morgan fingerprint density at radius 3 is 2.27 bits per heavy atom. The van der Waals surface area contributed by atoms with Crippen molar-refractivity contribution in [3.63, 3.8) is 0 Å². The topological polar surface area (TPSA) is 58.6 Å². The largest absolute Gasteiger partial charge is 0.484 e. The lowest BCUT2D eigenvalue weighted by atomic mass is 10.0. The van der Waals surface area contributed by atoms with Gasteiger partial charge in [0.15, 0.2) is 6.61 Å². The maximum absolute atomic E-state index is 13.7. The maximum Gasteiger partial charge on any atom is 0.261 e. The third-order valence-corrected chi connectivity index (χ3v) is 7.77. The summed E-state index contributed by atoms with van der Waals surface area (Å²) < 4.78 is 6.95. The van der Waals surface area contributed by atoms with E-state index in [0.29, 0.717) is 17.2 Å². The van der Waals surface area contributed by atoms with E-state index in [1.807, 2.05) is 88.4 Å². The Kier molecular flexibility index (Phi) is 10.6. The highest BCUT2D eigenvalue weighted by molar-refractivity contribution is 9.10. The van der Waals surface area contributed by atoms with Gasteiger partial charge in [0.2, 0.25) is 5.91 Å². The molecule has 0 unspecified atom stereocenters. The zero-order valence-electron chi connectivity index (χ0n) is 21.8. The van der Waals surface area contributed by atoms with Gasteiger partial charge in [-0.05, 0) is 73.7 Å². The summed E-state index contributed by atoms with van der Waals surface area (Å²) in [6.07, 6.45) is 1.17. The number of nitrogens with zero attached hydrogens (tertiary/aromatic N) is 1. The Labute approximate surface area is 233 Å². The minimum atomic E-state index is -0.722. The van der Waals surface area contributed by atoms with Gasteiger partial charge in [-0.15, -0.1) is 0 Å². The Morgan fingerprint density at radius 2 is 1.65 bits per heavy atom. The van der Waals surface area contributed by atoms with Crippen molar-refractivity contribution >= 4 is 39.3 Å². The monoisotopic (exact) mass is 584 g/mol. The number of rotatable bonds is 11. The smallest absolute Gasteiger partial charge is 0.261 e. The number of benzene rings is 3. The molecule has 0 fully saturated rings. The molecule has 3 rings (SSSR count). The van der Waals surface area contributed by atoms with Crippen LogP contribution in [0.5, 0.6) is 5.75 Å². The quantitative estimate of drug-likeness (QED) is 0.274. The van der Waals surface area contributed by atoms with Crippen molar-refractivity contribution in [1.82, 2.24) is 10.2 Å². The zero-order valence-corrected chi connectivity index (χ0v) is 24.1. The summed E-state index contributed by atoms with van der Waals surface area (Å²) in [5.41, 5.74) is 3.85. The number of ether oxygens (including phenoxy) is 1. The lowest BCUT2D eigenvalue weighted by molar-refractivity contribution is -0.143. The highest BCUT2D eigenvalue weighted by Crippen LogP contribution is 2.26. The maximum atomic E-state index is 13.7. The second kappa shape index (κ2) is 13.6. The Balaban J connectivity index is 1.93. The zero-order chi connectivity index (χ0) is 26.9. The molecule has 3 aromatic carbocycles. The summed E-state index contributed by atoms with van der Waals surface area (Å²) >= 11 is 9.81. The molecule has 37 heavy (non-hydrogen) atoms. The number of aryl methyl sites for hydroxylation is 2. The standard InChI is InChI=1S/C30H34BrClN2O3/c1-5-22(4)33-30(36)27(17-23-10-7-6-8-11-23)34(18-24-12-9-13-25(32)16-24)28(35)19-37-26-14-20(2)29(31)21(3)15-26/h6-16,22,27H,5,17-19H2,1-4H3,(H,33,36)/t22-,27-/m0/s1. The lowest BCUT2D eigenvalue weighted by Crippen LogP contribution is -2.53. The van der Waals surface area contributed by atoms with Crippen LogP contribution >= 0.6 is 27.5 Å². The number of nitrogens with one attached hydrogen (secondary N) is 1. The Bertz CT molecular complexity index is 1200. The fourth-order valence-corrected chi connectivity index (χ4v) is 4.49. The third-order valence-electron chi connectivity index (χ3n) is 6.29. The number of carbonyl (C=O) groups is 2. The molecule has 0 aliphatic heterocycles. The molecule has 196 valence electrons. The molecule has 2 amide bonds. The number of amides is 2. The van der Waals surface area contributed by atoms with Gasteiger partial charge in [-0.1, -0.05) is 76.9 Å². The molecule has 0 bridgehead atoms. The minimum absolute atomic E-state index is 0.0149. The van der Waals surface area contributed by atoms with Crippen molar-refractivity contribution in [3.05, 3.63) is 98.5 Å². The highest BCUT2D eigenvalue weighted by atomic mass is 79.9. The van der Waals surface area contributed by atoms with E-state index in [1.54, 1.807) is 11.0 Å². The lowest BCUT2D eigenvalue weighted by Gasteiger charge is -2.32. The number of halogens is 2. The van der Waals surface area contributed by atoms with E-state index in [4.69, 9.17) is 16.3 Å². The molecular formula is C30H34BrClN2O3. The van der Waals surface area contributed by atoms with Crippen LogP contribution in [0.3, 0.4) is 0 Å². The van der Waals surface area contributed by atoms with Crippen LogP contribution in [0.1, 0.15) is 42.5 Å². The number of hydrogen-bond donors (Lipinski definition) is 1. The van der Waals surface area contributed by atoms with E-state index in [-0.39, 0.29) is 31.0 Å². The van der Waals surface area contributed by atoms with Gasteiger partial charge in [-0.25, -0.2) is 0 Å². The van der Waals surface area contributed by atoms with Gasteiger partial charge < -0.3 is 15.0 Å². The summed E-state index contributed by atoms with van der Waals surface area (Å²) in [4.78, 5) is 28.9. The van der Waals surface area contributed by atoms with Gasteiger partial charge in [-0.3, -0.25) is 9.59 Å². The van der Waals surface area contributed by atoms with E-state index in [1.165, 1.54) is 0 Å². The second-order valence-corrected chi connectivity index (χ2v) is 10.6. The van der Waals surface area contributed by atoms with Gasteiger partial charge in [0.1, 0.15) is 11.8 Å². The van der Waals surface area contributed by atoms with Crippen LogP contribution in [0.2, 0.25) is 5.02 Å². The molecule has 1 N–H and O–H groups in total. The van der Waals surface area contributed by atoms with E-state index in [9.17, 15) is 9.59 Å². The van der Waals surface area contributed by atoms with E-state index in [2.05, 4.69) is 21.2 Å². The van der Waals surface area contributed by atoms with Gasteiger partial charge in [-0.2, -0.15) is 0 Å². The van der Waals surface area contributed by atoms with Crippen molar-refractivity contribution in [3.8, 4) is 5.75 Å². The van der Waals surface area contributed by atoms with Crippen molar-refractivity contribution in [2.45, 2.75) is 59.2 Å². The SMILES string of the molecule is CC[C@H](C)NC(=O)[C@H](Cc1ccccc1)N(Cc1cccc(Cl)c1)C(=O)COc1cc(C)c(Br)c(C)c1. The molecule has 0 aliphatic rings. The van der Waals surface area contributed by atoms with Crippen LogP contribution in [-0.2, 0) is 22.6 Å². The van der Waals surface area contributed by atoms with Crippen molar-refractivity contribution < 1.29 is 14.3 Å². The first kappa shape index (κ1) is 28.7. The third kappa shape index (κ3) is 8.34. The van der Waals surface area contributed by atoms with E-state index >= 15 is 0 Å². The normalized spacial score (nSPS) is 12.5. The average Bonchev–Trinajstić information content (AvgIpc) is 2.88. The fraction of sp³-hybridized carbons (Fsp3) is 0.333. The summed E-state index contributed by atoms with van der Waals surface area (Å²) in [5, 5.41) is 3.65. The van der Waals surface area contributed by atoms with Crippen molar-refractivity contribution in [1.29, 1.82) is 0 Å². The first-order chi connectivity index (χ1) is 17.7. The molecule has 0 heterocycles. The Hall–Kier alpha value is -2.83. The number of hydrogen-bond acceptors (Lipinski definition) is 3. The predicted molar refractivity (Wildman–Crippen MR) is 153 cm³/mol. The Morgan fingerprint density at radius 1 is 1.00 bits per heavy atom. The van der Waals surface area contributed by atoms with Crippen molar-refractivity contribution in [2.24, 2.45) is 0 Å². The molecule has 0 radical (unpaired) electrons.